The van der Waals surface area contributed by atoms with Gasteiger partial charge in [0.1, 0.15) is 0 Å². The van der Waals surface area contributed by atoms with E-state index < -0.39 is 0 Å². The molecule has 4 heteroatoms. The Hall–Kier alpha value is -3.07. The number of aromatic nitrogens is 1. The molecule has 1 heterocycles. The number of ketones is 1. The fourth-order valence-electron chi connectivity index (χ4n) is 5.30. The minimum absolute atomic E-state index is 0. The van der Waals surface area contributed by atoms with E-state index in [2.05, 4.69) is 96.1 Å². The summed E-state index contributed by atoms with van der Waals surface area (Å²) in [5.74, 6) is -0.0625. The van der Waals surface area contributed by atoms with Crippen LogP contribution in [0.1, 0.15) is 61.1 Å². The van der Waals surface area contributed by atoms with E-state index in [9.17, 15) is 4.79 Å². The van der Waals surface area contributed by atoms with Crippen LogP contribution in [0.5, 0.6) is 0 Å². The van der Waals surface area contributed by atoms with Gasteiger partial charge in [0.2, 0.25) is 0 Å². The molecular formula is C33H34IrNO2-. The number of fused-ring (bicyclic) bond motifs is 5. The molecule has 37 heavy (non-hydrogen) atoms. The van der Waals surface area contributed by atoms with E-state index in [1.165, 1.54) is 64.3 Å². The quantitative estimate of drug-likeness (QED) is 0.133. The van der Waals surface area contributed by atoms with Crippen LogP contribution in [-0.4, -0.2) is 15.9 Å². The molecule has 1 aliphatic rings. The average molecular weight is 669 g/mol. The van der Waals surface area contributed by atoms with Crippen molar-refractivity contribution in [1.82, 2.24) is 4.98 Å². The van der Waals surface area contributed by atoms with E-state index >= 15 is 0 Å². The number of benzene rings is 3. The number of carbonyl (C=O) groups excluding carboxylic acids is 1. The first-order chi connectivity index (χ1) is 16.9. The molecule has 0 unspecified atom stereocenters. The van der Waals surface area contributed by atoms with E-state index in [1.807, 2.05) is 0 Å². The van der Waals surface area contributed by atoms with Crippen LogP contribution in [0.4, 0.5) is 0 Å². The van der Waals surface area contributed by atoms with Gasteiger partial charge in [-0.1, -0.05) is 52.0 Å². The minimum Gasteiger partial charge on any atom is -0.512 e. The zero-order valence-electron chi connectivity index (χ0n) is 22.8. The molecule has 0 aliphatic heterocycles. The van der Waals surface area contributed by atoms with Gasteiger partial charge < -0.3 is 5.11 Å². The predicted molar refractivity (Wildman–Crippen MR) is 150 cm³/mol. The first kappa shape index (κ1) is 28.5. The smallest absolute Gasteiger partial charge is 0.155 e. The van der Waals surface area contributed by atoms with Crippen LogP contribution >= 0.6 is 0 Å². The second-order valence-electron chi connectivity index (χ2n) is 10.5. The molecule has 0 saturated carbocycles. The standard InChI is InChI=1S/C28H26N.C5H8O2.Ir/c1-16-11-17(2)13-20(12-16)27-26-25(21-9-7-8-10-23(21)28(26,5)6)22-14-18(3)19(4)15-24(22)29-27;1-4(6)3-5(2)7;/h7-12,14-15H,1-6H3;3,6H,1-2H3;/q-1;;/b;4-3-;. The van der Waals surface area contributed by atoms with Gasteiger partial charge in [0, 0.05) is 37.0 Å². The Kier molecular flexibility index (Phi) is 8.27. The van der Waals surface area contributed by atoms with E-state index in [0.29, 0.717) is 0 Å². The minimum atomic E-state index is -0.125. The van der Waals surface area contributed by atoms with Gasteiger partial charge in [-0.05, 0) is 78.9 Å². The third kappa shape index (κ3) is 5.46. The first-order valence-electron chi connectivity index (χ1n) is 12.3. The normalized spacial score (nSPS) is 13.2. The summed E-state index contributed by atoms with van der Waals surface area (Å²) in [4.78, 5) is 15.3. The van der Waals surface area contributed by atoms with E-state index in [1.54, 1.807) is 0 Å². The number of aliphatic hydroxyl groups is 1. The van der Waals surface area contributed by atoms with Gasteiger partial charge in [-0.2, -0.15) is 0 Å². The maximum absolute atomic E-state index is 10.0. The summed E-state index contributed by atoms with van der Waals surface area (Å²) >= 11 is 0. The van der Waals surface area contributed by atoms with Crippen molar-refractivity contribution in [3.63, 3.8) is 0 Å². The van der Waals surface area contributed by atoms with Crippen LogP contribution in [-0.2, 0) is 30.3 Å². The van der Waals surface area contributed by atoms with Crippen molar-refractivity contribution in [1.29, 1.82) is 0 Å². The number of pyridine rings is 1. The zero-order chi connectivity index (χ0) is 26.4. The van der Waals surface area contributed by atoms with Gasteiger partial charge in [0.15, 0.2) is 5.78 Å². The van der Waals surface area contributed by atoms with Crippen LogP contribution in [0.2, 0.25) is 0 Å². The Morgan fingerprint density at radius 3 is 2.22 bits per heavy atom. The number of nitrogens with zero attached hydrogens (tertiary/aromatic N) is 1. The summed E-state index contributed by atoms with van der Waals surface area (Å²) < 4.78 is 0. The molecule has 5 rings (SSSR count). The molecule has 0 fully saturated rings. The number of carbonyl (C=O) groups is 1. The van der Waals surface area contributed by atoms with E-state index in [0.717, 1.165) is 22.3 Å². The second kappa shape index (κ2) is 10.7. The molecule has 0 atom stereocenters. The summed E-state index contributed by atoms with van der Waals surface area (Å²) in [7, 11) is 0. The summed E-state index contributed by atoms with van der Waals surface area (Å²) in [6, 6.07) is 21.4. The first-order valence-corrected chi connectivity index (χ1v) is 12.3. The number of allylic oxidation sites excluding steroid dienone is 2. The van der Waals surface area contributed by atoms with Gasteiger partial charge in [-0.25, -0.2) is 0 Å². The largest absolute Gasteiger partial charge is 0.512 e. The SMILES string of the molecule is CC(=O)/C=C(/C)O.Cc1[c-]c(-c2nc3cc(C)c(C)cc3c3c2C(C)(C)c2ccccc2-3)cc(C)c1.[Ir]. The molecule has 1 radical (unpaired) electrons. The van der Waals surface area contributed by atoms with E-state index in [4.69, 9.17) is 10.1 Å². The fraction of sp³-hybridized carbons (Fsp3) is 0.273. The van der Waals surface area contributed by atoms with Crippen LogP contribution in [0.25, 0.3) is 33.3 Å². The Bertz CT molecular complexity index is 1520. The monoisotopic (exact) mass is 669 g/mol. The van der Waals surface area contributed by atoms with Crippen molar-refractivity contribution in [3.8, 4) is 22.4 Å². The molecule has 0 spiro atoms. The van der Waals surface area contributed by atoms with Crippen molar-refractivity contribution in [2.45, 2.75) is 60.8 Å². The maximum Gasteiger partial charge on any atom is 0.155 e. The number of aliphatic hydroxyl groups excluding tert-OH is 1. The summed E-state index contributed by atoms with van der Waals surface area (Å²) in [5.41, 5.74) is 13.5. The van der Waals surface area contributed by atoms with Crippen molar-refractivity contribution in [3.05, 3.63) is 99.8 Å². The summed E-state index contributed by atoms with van der Waals surface area (Å²) in [6.45, 7) is 16.1. The Morgan fingerprint density at radius 1 is 0.973 bits per heavy atom. The number of hydrogen-bond donors (Lipinski definition) is 1. The molecule has 0 amide bonds. The molecule has 193 valence electrons. The Balaban J connectivity index is 0.000000422. The van der Waals surface area contributed by atoms with Gasteiger partial charge in [0.25, 0.3) is 0 Å². The summed E-state index contributed by atoms with van der Waals surface area (Å²) in [5, 5.41) is 9.62. The molecule has 1 aromatic heterocycles. The number of rotatable bonds is 2. The van der Waals surface area contributed by atoms with Crippen LogP contribution < -0.4 is 0 Å². The van der Waals surface area contributed by atoms with Crippen LogP contribution in [0.3, 0.4) is 0 Å². The van der Waals surface area contributed by atoms with Crippen LogP contribution in [0, 0.1) is 33.8 Å². The van der Waals surface area contributed by atoms with Crippen molar-refractivity contribution < 1.29 is 30.0 Å². The molecule has 3 aromatic carbocycles. The van der Waals surface area contributed by atoms with Gasteiger partial charge in [-0.15, -0.1) is 34.9 Å². The van der Waals surface area contributed by atoms with Gasteiger partial charge >= 0.3 is 0 Å². The van der Waals surface area contributed by atoms with Crippen molar-refractivity contribution in [2.75, 3.05) is 0 Å². The van der Waals surface area contributed by atoms with Crippen molar-refractivity contribution >= 4 is 16.7 Å². The molecular weight excluding hydrogens is 635 g/mol. The molecule has 0 saturated heterocycles. The zero-order valence-corrected chi connectivity index (χ0v) is 25.2. The number of aryl methyl sites for hydroxylation is 4. The van der Waals surface area contributed by atoms with E-state index in [-0.39, 0.29) is 37.1 Å². The predicted octanol–water partition coefficient (Wildman–Crippen LogP) is 8.28. The fourth-order valence-corrected chi connectivity index (χ4v) is 5.30. The number of hydrogen-bond acceptors (Lipinski definition) is 3. The average Bonchev–Trinajstić information content (AvgIpc) is 3.01. The maximum atomic E-state index is 10.0. The molecule has 4 aromatic rings. The van der Waals surface area contributed by atoms with Crippen molar-refractivity contribution in [2.24, 2.45) is 0 Å². The third-order valence-corrected chi connectivity index (χ3v) is 6.91. The topological polar surface area (TPSA) is 50.2 Å². The van der Waals surface area contributed by atoms with Gasteiger partial charge in [0.05, 0.1) is 11.3 Å². The molecule has 1 aliphatic carbocycles. The second-order valence-corrected chi connectivity index (χ2v) is 10.5. The summed E-state index contributed by atoms with van der Waals surface area (Å²) in [6.07, 6.45) is 1.17. The molecule has 3 nitrogen and oxygen atoms in total. The van der Waals surface area contributed by atoms with Crippen LogP contribution in [0.15, 0.2) is 60.4 Å². The molecule has 1 N–H and O–H groups in total. The Morgan fingerprint density at radius 2 is 1.62 bits per heavy atom. The third-order valence-electron chi connectivity index (χ3n) is 6.91. The molecule has 0 bridgehead atoms. The Labute approximate surface area is 234 Å². The van der Waals surface area contributed by atoms with Gasteiger partial charge in [-0.3, -0.25) is 9.78 Å².